The summed E-state index contributed by atoms with van der Waals surface area (Å²) in [5.41, 5.74) is 0.470. The van der Waals surface area contributed by atoms with Crippen LogP contribution in [0.25, 0.3) is 6.08 Å². The fourth-order valence-corrected chi connectivity index (χ4v) is 2.92. The lowest BCUT2D eigenvalue weighted by atomic mass is 10.1. The van der Waals surface area contributed by atoms with Gasteiger partial charge in [-0.25, -0.2) is 0 Å². The number of benzene rings is 2. The number of esters is 4. The van der Waals surface area contributed by atoms with E-state index in [1.807, 2.05) is 0 Å². The maximum Gasteiger partial charge on any atom is 0.308 e. The van der Waals surface area contributed by atoms with E-state index in [4.69, 9.17) is 23.7 Å². The van der Waals surface area contributed by atoms with Gasteiger partial charge < -0.3 is 23.7 Å². The summed E-state index contributed by atoms with van der Waals surface area (Å²) >= 11 is 0. The molecule has 2 aromatic rings. The lowest BCUT2D eigenvalue weighted by Crippen LogP contribution is -2.08. The third-order valence-corrected chi connectivity index (χ3v) is 4.03. The van der Waals surface area contributed by atoms with Crippen molar-refractivity contribution >= 4 is 35.7 Å². The van der Waals surface area contributed by atoms with Crippen molar-refractivity contribution < 1.29 is 47.7 Å². The average molecular weight is 454 g/mol. The highest BCUT2D eigenvalue weighted by Crippen LogP contribution is 2.46. The first-order valence-electron chi connectivity index (χ1n) is 9.54. The van der Waals surface area contributed by atoms with Crippen LogP contribution < -0.4 is 23.7 Å². The molecule has 1 heterocycles. The van der Waals surface area contributed by atoms with Crippen LogP contribution in [-0.4, -0.2) is 29.7 Å². The number of hydrogen-bond acceptors (Lipinski definition) is 10. The molecule has 0 fully saturated rings. The zero-order valence-corrected chi connectivity index (χ0v) is 18.0. The molecule has 10 nitrogen and oxygen atoms in total. The Morgan fingerprint density at radius 2 is 1.27 bits per heavy atom. The molecule has 3 rings (SSSR count). The molecular formula is C23H18O10. The van der Waals surface area contributed by atoms with E-state index >= 15 is 0 Å². The second kappa shape index (κ2) is 9.35. The van der Waals surface area contributed by atoms with Gasteiger partial charge in [0.15, 0.2) is 28.8 Å². The molecule has 2 aromatic carbocycles. The largest absolute Gasteiger partial charge is 0.448 e. The molecule has 1 aliphatic rings. The predicted octanol–water partition coefficient (Wildman–Crippen LogP) is 3.00. The fraction of sp³-hybridized carbons (Fsp3) is 0.174. The third-order valence-electron chi connectivity index (χ3n) is 4.03. The van der Waals surface area contributed by atoms with Crippen molar-refractivity contribution in [3.8, 4) is 28.7 Å². The minimum Gasteiger partial charge on any atom is -0.448 e. The first-order valence-corrected chi connectivity index (χ1v) is 9.54. The highest BCUT2D eigenvalue weighted by Gasteiger charge is 2.33. The van der Waals surface area contributed by atoms with Gasteiger partial charge in [-0.1, -0.05) is 6.07 Å². The summed E-state index contributed by atoms with van der Waals surface area (Å²) in [6, 6.07) is 6.97. The standard InChI is InChI=1S/C23H18O10/c1-11(24)29-17-7-5-15(9-19(17)31-13(3)26)10-20-21(28)16-6-8-18(30-12(2)25)23(22(16)33-20)32-14(4)27/h5-10H,1-4H3/b20-10+. The van der Waals surface area contributed by atoms with E-state index < -0.39 is 29.7 Å². The fourth-order valence-electron chi connectivity index (χ4n) is 2.92. The van der Waals surface area contributed by atoms with Crippen LogP contribution in [0.3, 0.4) is 0 Å². The van der Waals surface area contributed by atoms with Crippen molar-refractivity contribution in [2.24, 2.45) is 0 Å². The van der Waals surface area contributed by atoms with E-state index in [0.29, 0.717) is 5.56 Å². The van der Waals surface area contributed by atoms with E-state index in [2.05, 4.69) is 0 Å². The lowest BCUT2D eigenvalue weighted by molar-refractivity contribution is -0.134. The second-order valence-electron chi connectivity index (χ2n) is 6.79. The molecule has 0 saturated carbocycles. The molecule has 0 aliphatic carbocycles. The molecule has 0 unspecified atom stereocenters. The third kappa shape index (κ3) is 5.42. The number of ether oxygens (including phenoxy) is 5. The second-order valence-corrected chi connectivity index (χ2v) is 6.79. The summed E-state index contributed by atoms with van der Waals surface area (Å²) in [6.45, 7) is 4.69. The SMILES string of the molecule is CC(=O)Oc1ccc(/C=C2/Oc3c(ccc(OC(C)=O)c3OC(C)=O)C2=O)cc1OC(C)=O. The molecule has 0 amide bonds. The Kier molecular flexibility index (Phi) is 6.57. The zero-order chi connectivity index (χ0) is 24.3. The van der Waals surface area contributed by atoms with Crippen molar-refractivity contribution in [2.75, 3.05) is 0 Å². The molecule has 0 spiro atoms. The lowest BCUT2D eigenvalue weighted by Gasteiger charge is -2.11. The van der Waals surface area contributed by atoms with Crippen molar-refractivity contribution in [3.63, 3.8) is 0 Å². The van der Waals surface area contributed by atoms with Gasteiger partial charge in [0.05, 0.1) is 5.56 Å². The number of rotatable bonds is 5. The molecule has 170 valence electrons. The highest BCUT2D eigenvalue weighted by atomic mass is 16.6. The van der Waals surface area contributed by atoms with Gasteiger partial charge in [-0.15, -0.1) is 0 Å². The van der Waals surface area contributed by atoms with Crippen LogP contribution in [0, 0.1) is 0 Å². The van der Waals surface area contributed by atoms with Crippen molar-refractivity contribution in [1.29, 1.82) is 0 Å². The Hall–Kier alpha value is -4.47. The van der Waals surface area contributed by atoms with Gasteiger partial charge in [-0.2, -0.15) is 0 Å². The maximum absolute atomic E-state index is 12.9. The van der Waals surface area contributed by atoms with Crippen molar-refractivity contribution in [3.05, 3.63) is 47.2 Å². The van der Waals surface area contributed by atoms with E-state index in [-0.39, 0.29) is 40.1 Å². The summed E-state index contributed by atoms with van der Waals surface area (Å²) in [6.07, 6.45) is 1.36. The van der Waals surface area contributed by atoms with Crippen LogP contribution in [0.5, 0.6) is 28.7 Å². The Bertz CT molecular complexity index is 1220. The van der Waals surface area contributed by atoms with Crippen LogP contribution in [0.1, 0.15) is 43.6 Å². The van der Waals surface area contributed by atoms with Crippen LogP contribution in [0.15, 0.2) is 36.1 Å². The molecule has 0 atom stereocenters. The van der Waals surface area contributed by atoms with Gasteiger partial charge in [-0.3, -0.25) is 24.0 Å². The Balaban J connectivity index is 2.02. The minimum atomic E-state index is -0.711. The molecule has 33 heavy (non-hydrogen) atoms. The molecule has 10 heteroatoms. The Morgan fingerprint density at radius 3 is 1.88 bits per heavy atom. The van der Waals surface area contributed by atoms with E-state index in [1.165, 1.54) is 57.2 Å². The van der Waals surface area contributed by atoms with Crippen LogP contribution in [0.4, 0.5) is 0 Å². The molecule has 0 saturated heterocycles. The number of fused-ring (bicyclic) bond motifs is 1. The molecule has 0 radical (unpaired) electrons. The minimum absolute atomic E-state index is 0.0185. The van der Waals surface area contributed by atoms with E-state index in [0.717, 1.165) is 6.92 Å². The number of hydrogen-bond donors (Lipinski definition) is 0. The zero-order valence-electron chi connectivity index (χ0n) is 18.0. The van der Waals surface area contributed by atoms with Gasteiger partial charge in [-0.05, 0) is 35.9 Å². The van der Waals surface area contributed by atoms with Crippen molar-refractivity contribution in [2.45, 2.75) is 27.7 Å². The molecular weight excluding hydrogens is 436 g/mol. The number of ketones is 1. The number of allylic oxidation sites excluding steroid dienone is 1. The molecule has 0 bridgehead atoms. The summed E-state index contributed by atoms with van der Waals surface area (Å²) in [7, 11) is 0. The predicted molar refractivity (Wildman–Crippen MR) is 111 cm³/mol. The molecule has 0 N–H and O–H groups in total. The maximum atomic E-state index is 12.9. The average Bonchev–Trinajstić information content (AvgIpc) is 3.00. The topological polar surface area (TPSA) is 132 Å². The smallest absolute Gasteiger partial charge is 0.308 e. The number of carbonyl (C=O) groups is 5. The monoisotopic (exact) mass is 454 g/mol. The Morgan fingerprint density at radius 1 is 0.727 bits per heavy atom. The normalized spacial score (nSPS) is 13.1. The van der Waals surface area contributed by atoms with Gasteiger partial charge in [0.2, 0.25) is 11.5 Å². The van der Waals surface area contributed by atoms with Crippen LogP contribution in [-0.2, 0) is 19.2 Å². The number of carbonyl (C=O) groups excluding carboxylic acids is 5. The highest BCUT2D eigenvalue weighted by molar-refractivity contribution is 6.15. The molecule has 1 aliphatic heterocycles. The summed E-state index contributed by atoms with van der Waals surface area (Å²) in [4.78, 5) is 58.5. The van der Waals surface area contributed by atoms with Crippen LogP contribution in [0.2, 0.25) is 0 Å². The molecule has 0 aromatic heterocycles. The number of Topliss-reactive ketones (excluding diaryl/α,β-unsaturated/α-hetero) is 1. The van der Waals surface area contributed by atoms with Gasteiger partial charge in [0.1, 0.15) is 0 Å². The summed E-state index contributed by atoms with van der Waals surface area (Å²) in [5, 5.41) is 0. The quantitative estimate of drug-likeness (QED) is 0.377. The first kappa shape index (κ1) is 23.2. The van der Waals surface area contributed by atoms with Gasteiger partial charge >= 0.3 is 23.9 Å². The Labute approximate surface area is 187 Å². The van der Waals surface area contributed by atoms with Crippen LogP contribution >= 0.6 is 0 Å². The van der Waals surface area contributed by atoms with Gasteiger partial charge in [0, 0.05) is 27.7 Å². The summed E-state index contributed by atoms with van der Waals surface area (Å²) < 4.78 is 25.9. The van der Waals surface area contributed by atoms with Crippen molar-refractivity contribution in [1.82, 2.24) is 0 Å². The van der Waals surface area contributed by atoms with E-state index in [9.17, 15) is 24.0 Å². The van der Waals surface area contributed by atoms with E-state index in [1.54, 1.807) is 0 Å². The van der Waals surface area contributed by atoms with Gasteiger partial charge in [0.25, 0.3) is 0 Å². The first-order chi connectivity index (χ1) is 15.5. The summed E-state index contributed by atoms with van der Waals surface area (Å²) in [5.74, 6) is -3.68.